The molecule has 0 radical (unpaired) electrons. The SMILES string of the molecule is CCOC(=O)c1[nH]nc(-c2ccncc2)c1-c1ccc(OCc2ccc(C3CC3)cc2)cc1. The van der Waals surface area contributed by atoms with E-state index in [4.69, 9.17) is 9.47 Å². The zero-order valence-corrected chi connectivity index (χ0v) is 18.5. The molecule has 166 valence electrons. The molecule has 1 aliphatic rings. The minimum Gasteiger partial charge on any atom is -0.489 e. The van der Waals surface area contributed by atoms with Crippen LogP contribution in [0.5, 0.6) is 5.75 Å². The molecular formula is C27H25N3O3. The van der Waals surface area contributed by atoms with Crippen molar-refractivity contribution in [3.63, 3.8) is 0 Å². The maximum Gasteiger partial charge on any atom is 0.357 e. The van der Waals surface area contributed by atoms with Crippen molar-refractivity contribution in [1.82, 2.24) is 15.2 Å². The summed E-state index contributed by atoms with van der Waals surface area (Å²) >= 11 is 0. The maximum atomic E-state index is 12.5. The Hall–Kier alpha value is -3.93. The molecule has 4 aromatic rings. The van der Waals surface area contributed by atoms with Crippen molar-refractivity contribution in [2.45, 2.75) is 32.3 Å². The third-order valence-corrected chi connectivity index (χ3v) is 5.78. The van der Waals surface area contributed by atoms with Crippen LogP contribution in [-0.4, -0.2) is 27.8 Å². The third-order valence-electron chi connectivity index (χ3n) is 5.78. The molecule has 2 aromatic heterocycles. The van der Waals surface area contributed by atoms with E-state index in [9.17, 15) is 4.79 Å². The van der Waals surface area contributed by atoms with Crippen LogP contribution >= 0.6 is 0 Å². The molecule has 0 bridgehead atoms. The first-order valence-corrected chi connectivity index (χ1v) is 11.2. The van der Waals surface area contributed by atoms with Crippen LogP contribution in [0.4, 0.5) is 0 Å². The number of hydrogen-bond acceptors (Lipinski definition) is 5. The summed E-state index contributed by atoms with van der Waals surface area (Å²) in [5.41, 5.74) is 5.97. The van der Waals surface area contributed by atoms with E-state index in [0.29, 0.717) is 23.6 Å². The van der Waals surface area contributed by atoms with Gasteiger partial charge in [-0.2, -0.15) is 5.10 Å². The molecule has 1 N–H and O–H groups in total. The summed E-state index contributed by atoms with van der Waals surface area (Å²) in [6, 6.07) is 20.1. The number of esters is 1. The number of nitrogens with zero attached hydrogens (tertiary/aromatic N) is 2. The number of pyridine rings is 1. The van der Waals surface area contributed by atoms with Crippen molar-refractivity contribution in [3.05, 3.63) is 89.9 Å². The average molecular weight is 440 g/mol. The van der Waals surface area contributed by atoms with Crippen LogP contribution in [0.3, 0.4) is 0 Å². The van der Waals surface area contributed by atoms with Gasteiger partial charge < -0.3 is 9.47 Å². The first kappa shape index (κ1) is 20.9. The molecule has 33 heavy (non-hydrogen) atoms. The number of aromatic amines is 1. The first-order chi connectivity index (χ1) is 16.2. The second-order valence-corrected chi connectivity index (χ2v) is 8.11. The van der Waals surface area contributed by atoms with Crippen LogP contribution in [0.15, 0.2) is 73.1 Å². The van der Waals surface area contributed by atoms with Crippen LogP contribution in [0.25, 0.3) is 22.4 Å². The number of rotatable bonds is 8. The van der Waals surface area contributed by atoms with Crippen LogP contribution < -0.4 is 4.74 Å². The molecule has 1 aliphatic carbocycles. The molecule has 6 heteroatoms. The van der Waals surface area contributed by atoms with E-state index in [-0.39, 0.29) is 6.61 Å². The van der Waals surface area contributed by atoms with Gasteiger partial charge in [-0.3, -0.25) is 10.1 Å². The highest BCUT2D eigenvalue weighted by Gasteiger charge is 2.23. The fourth-order valence-corrected chi connectivity index (χ4v) is 3.88. The Balaban J connectivity index is 1.37. The number of hydrogen-bond donors (Lipinski definition) is 1. The summed E-state index contributed by atoms with van der Waals surface area (Å²) in [6.45, 7) is 2.58. The van der Waals surface area contributed by atoms with Gasteiger partial charge in [0.25, 0.3) is 0 Å². The monoisotopic (exact) mass is 439 g/mol. The van der Waals surface area contributed by atoms with Crippen LogP contribution in [0.2, 0.25) is 0 Å². The van der Waals surface area contributed by atoms with Gasteiger partial charge in [0.1, 0.15) is 18.1 Å². The van der Waals surface area contributed by atoms with Crippen molar-refractivity contribution < 1.29 is 14.3 Å². The Morgan fingerprint density at radius 2 is 1.70 bits per heavy atom. The van der Waals surface area contributed by atoms with E-state index >= 15 is 0 Å². The smallest absolute Gasteiger partial charge is 0.357 e. The number of ether oxygens (including phenoxy) is 2. The second-order valence-electron chi connectivity index (χ2n) is 8.11. The lowest BCUT2D eigenvalue weighted by Crippen LogP contribution is -2.06. The molecule has 2 aromatic carbocycles. The zero-order chi connectivity index (χ0) is 22.6. The first-order valence-electron chi connectivity index (χ1n) is 11.2. The lowest BCUT2D eigenvalue weighted by molar-refractivity contribution is 0.0520. The van der Waals surface area contributed by atoms with Gasteiger partial charge in [-0.15, -0.1) is 0 Å². The van der Waals surface area contributed by atoms with Gasteiger partial charge in [0.15, 0.2) is 5.69 Å². The average Bonchev–Trinajstić information content (AvgIpc) is 3.62. The van der Waals surface area contributed by atoms with Gasteiger partial charge in [0, 0.05) is 23.5 Å². The molecule has 5 rings (SSSR count). The van der Waals surface area contributed by atoms with Gasteiger partial charge in [-0.1, -0.05) is 36.4 Å². The number of nitrogens with one attached hydrogen (secondary N) is 1. The summed E-state index contributed by atoms with van der Waals surface area (Å²) in [5.74, 6) is 1.08. The van der Waals surface area contributed by atoms with Crippen molar-refractivity contribution in [2.75, 3.05) is 6.61 Å². The molecule has 1 fully saturated rings. The lowest BCUT2D eigenvalue weighted by Gasteiger charge is -2.10. The molecule has 0 saturated heterocycles. The van der Waals surface area contributed by atoms with E-state index in [0.717, 1.165) is 28.4 Å². The third kappa shape index (κ3) is 4.65. The summed E-state index contributed by atoms with van der Waals surface area (Å²) in [7, 11) is 0. The Morgan fingerprint density at radius 3 is 2.36 bits per heavy atom. The minimum absolute atomic E-state index is 0.288. The summed E-state index contributed by atoms with van der Waals surface area (Å²) in [5, 5.41) is 7.26. The highest BCUT2D eigenvalue weighted by atomic mass is 16.5. The lowest BCUT2D eigenvalue weighted by atomic mass is 9.99. The molecule has 1 saturated carbocycles. The summed E-state index contributed by atoms with van der Waals surface area (Å²) in [4.78, 5) is 16.6. The Kier molecular flexibility index (Phi) is 5.89. The fourth-order valence-electron chi connectivity index (χ4n) is 3.88. The van der Waals surface area contributed by atoms with Crippen molar-refractivity contribution in [3.8, 4) is 28.1 Å². The molecule has 2 heterocycles. The van der Waals surface area contributed by atoms with Gasteiger partial charge >= 0.3 is 5.97 Å². The number of carbonyl (C=O) groups is 1. The highest BCUT2D eigenvalue weighted by molar-refractivity contribution is 5.99. The van der Waals surface area contributed by atoms with Crippen molar-refractivity contribution in [1.29, 1.82) is 0 Å². The maximum absolute atomic E-state index is 12.5. The molecule has 0 unspecified atom stereocenters. The van der Waals surface area contributed by atoms with Gasteiger partial charge in [-0.25, -0.2) is 4.79 Å². The number of H-pyrrole nitrogens is 1. The van der Waals surface area contributed by atoms with Gasteiger partial charge in [0.2, 0.25) is 0 Å². The van der Waals surface area contributed by atoms with E-state index in [1.54, 1.807) is 19.3 Å². The number of carbonyl (C=O) groups excluding carboxylic acids is 1. The van der Waals surface area contributed by atoms with E-state index < -0.39 is 5.97 Å². The van der Waals surface area contributed by atoms with E-state index in [1.165, 1.54) is 18.4 Å². The zero-order valence-electron chi connectivity index (χ0n) is 18.5. The van der Waals surface area contributed by atoms with Crippen LogP contribution in [0.1, 0.15) is 47.3 Å². The fraction of sp³-hybridized carbons (Fsp3) is 0.222. The molecule has 0 atom stereocenters. The number of aromatic nitrogens is 3. The Bertz CT molecular complexity index is 1230. The van der Waals surface area contributed by atoms with Crippen LogP contribution in [-0.2, 0) is 11.3 Å². The van der Waals surface area contributed by atoms with E-state index in [2.05, 4.69) is 39.4 Å². The molecule has 0 aliphatic heterocycles. The largest absolute Gasteiger partial charge is 0.489 e. The van der Waals surface area contributed by atoms with Crippen molar-refractivity contribution in [2.24, 2.45) is 0 Å². The van der Waals surface area contributed by atoms with E-state index in [1.807, 2.05) is 36.4 Å². The summed E-state index contributed by atoms with van der Waals surface area (Å²) in [6.07, 6.45) is 6.01. The van der Waals surface area contributed by atoms with Crippen LogP contribution in [0, 0.1) is 0 Å². The van der Waals surface area contributed by atoms with Gasteiger partial charge in [-0.05, 0) is 66.6 Å². The summed E-state index contributed by atoms with van der Waals surface area (Å²) < 4.78 is 11.2. The Morgan fingerprint density at radius 1 is 0.970 bits per heavy atom. The molecule has 6 nitrogen and oxygen atoms in total. The molecule has 0 amide bonds. The normalized spacial score (nSPS) is 13.0. The number of benzene rings is 2. The predicted molar refractivity (Wildman–Crippen MR) is 126 cm³/mol. The topological polar surface area (TPSA) is 77.1 Å². The standard InChI is InChI=1S/C27H25N3O3/c1-2-32-27(31)26-24(25(29-30-26)22-13-15-28-16-14-22)21-9-11-23(12-10-21)33-17-18-3-5-19(6-4-18)20-7-8-20/h3-6,9-16,20H,2,7-8,17H2,1H3,(H,29,30). The minimum atomic E-state index is -0.435. The highest BCUT2D eigenvalue weighted by Crippen LogP contribution is 2.40. The van der Waals surface area contributed by atoms with Gasteiger partial charge in [0.05, 0.1) is 6.61 Å². The predicted octanol–water partition coefficient (Wildman–Crippen LogP) is 5.77. The quantitative estimate of drug-likeness (QED) is 0.353. The molecular weight excluding hydrogens is 414 g/mol. The molecule has 0 spiro atoms. The Labute approximate surface area is 192 Å². The van der Waals surface area contributed by atoms with Crippen molar-refractivity contribution >= 4 is 5.97 Å². The second kappa shape index (κ2) is 9.28.